The predicted molar refractivity (Wildman–Crippen MR) is 113 cm³/mol. The van der Waals surface area contributed by atoms with Crippen LogP contribution in [0.3, 0.4) is 0 Å². The monoisotopic (exact) mass is 489 g/mol. The Labute approximate surface area is 185 Å². The number of hydrogen-bond acceptors (Lipinski definition) is 5. The number of amides is 1. The molecule has 1 fully saturated rings. The number of nitrogens with one attached hydrogen (secondary N) is 1. The van der Waals surface area contributed by atoms with E-state index in [4.69, 9.17) is 11.6 Å². The molecule has 0 spiro atoms. The van der Waals surface area contributed by atoms with Gasteiger partial charge in [0.05, 0.1) is 20.9 Å². The van der Waals surface area contributed by atoms with Gasteiger partial charge in [-0.25, -0.2) is 21.2 Å². The third-order valence-electron chi connectivity index (χ3n) is 4.84. The van der Waals surface area contributed by atoms with Crippen LogP contribution in [0.1, 0.15) is 6.92 Å². The molecule has 1 heterocycles. The Morgan fingerprint density at radius 2 is 1.61 bits per heavy atom. The molecule has 0 aliphatic carbocycles. The molecule has 0 aromatic heterocycles. The van der Waals surface area contributed by atoms with E-state index in [1.54, 1.807) is 18.2 Å². The van der Waals surface area contributed by atoms with Gasteiger partial charge in [0.25, 0.3) is 0 Å². The first-order valence-electron chi connectivity index (χ1n) is 9.34. The molecule has 1 N–H and O–H groups in total. The smallest absolute Gasteiger partial charge is 0.243 e. The van der Waals surface area contributed by atoms with Crippen LogP contribution in [0, 0.1) is 5.82 Å². The van der Waals surface area contributed by atoms with Crippen molar-refractivity contribution in [2.45, 2.75) is 22.8 Å². The summed E-state index contributed by atoms with van der Waals surface area (Å²) in [6, 6.07) is 9.82. The van der Waals surface area contributed by atoms with E-state index >= 15 is 0 Å². The Morgan fingerprint density at radius 1 is 1.00 bits per heavy atom. The second-order valence-electron chi connectivity index (χ2n) is 6.96. The highest BCUT2D eigenvalue weighted by Gasteiger charge is 2.33. The highest BCUT2D eigenvalue weighted by atomic mass is 35.5. The van der Waals surface area contributed by atoms with Gasteiger partial charge in [-0.15, -0.1) is 0 Å². The first kappa shape index (κ1) is 23.6. The van der Waals surface area contributed by atoms with Gasteiger partial charge in [0.15, 0.2) is 0 Å². The van der Waals surface area contributed by atoms with Gasteiger partial charge < -0.3 is 4.90 Å². The summed E-state index contributed by atoms with van der Waals surface area (Å²) in [5.41, 5.74) is 0. The summed E-state index contributed by atoms with van der Waals surface area (Å²) in [6.45, 7) is 1.64. The zero-order valence-electron chi connectivity index (χ0n) is 16.5. The molecule has 0 saturated carbocycles. The third kappa shape index (κ3) is 5.24. The standard InChI is InChI=1S/C19H21ClFN3O5S2/c1-14(22-30(26,27)15-5-3-2-4-6-15)19(25)23-9-11-24(12-10-23)31(28,29)16-7-8-18(21)17(20)13-16/h2-8,13-14,22H,9-12H2,1H3/t14-/m0/s1. The van der Waals surface area contributed by atoms with Gasteiger partial charge in [-0.1, -0.05) is 29.8 Å². The molecule has 0 unspecified atom stereocenters. The maximum atomic E-state index is 13.3. The van der Waals surface area contributed by atoms with Crippen LogP contribution < -0.4 is 4.72 Å². The number of sulfonamides is 2. The second kappa shape index (κ2) is 9.21. The van der Waals surface area contributed by atoms with Crippen LogP contribution in [-0.2, 0) is 24.8 Å². The molecule has 2 aromatic carbocycles. The minimum absolute atomic E-state index is 0.0151. The van der Waals surface area contributed by atoms with E-state index < -0.39 is 37.8 Å². The molecular formula is C19H21ClFN3O5S2. The Balaban J connectivity index is 1.63. The van der Waals surface area contributed by atoms with Crippen molar-refractivity contribution >= 4 is 37.6 Å². The molecule has 168 valence electrons. The lowest BCUT2D eigenvalue weighted by atomic mass is 10.2. The summed E-state index contributed by atoms with van der Waals surface area (Å²) < 4.78 is 67.2. The Hall–Kier alpha value is -2.05. The van der Waals surface area contributed by atoms with Crippen LogP contribution in [0.5, 0.6) is 0 Å². The van der Waals surface area contributed by atoms with E-state index in [-0.39, 0.29) is 41.0 Å². The van der Waals surface area contributed by atoms with Gasteiger partial charge >= 0.3 is 0 Å². The highest BCUT2D eigenvalue weighted by Crippen LogP contribution is 2.23. The van der Waals surface area contributed by atoms with Crippen LogP contribution in [0.25, 0.3) is 0 Å². The topological polar surface area (TPSA) is 104 Å². The van der Waals surface area contributed by atoms with Crippen LogP contribution in [0.2, 0.25) is 5.02 Å². The van der Waals surface area contributed by atoms with E-state index in [0.29, 0.717) is 0 Å². The lowest BCUT2D eigenvalue weighted by molar-refractivity contribution is -0.133. The lowest BCUT2D eigenvalue weighted by Gasteiger charge is -2.35. The fraction of sp³-hybridized carbons (Fsp3) is 0.316. The molecule has 3 rings (SSSR count). The number of carbonyl (C=O) groups excluding carboxylic acids is 1. The summed E-state index contributed by atoms with van der Waals surface area (Å²) in [7, 11) is -7.77. The van der Waals surface area contributed by atoms with Crippen molar-refractivity contribution in [1.82, 2.24) is 13.9 Å². The molecule has 1 atom stereocenters. The quantitative estimate of drug-likeness (QED) is 0.665. The van der Waals surface area contributed by atoms with Gasteiger partial charge in [0.2, 0.25) is 26.0 Å². The fourth-order valence-electron chi connectivity index (χ4n) is 3.16. The average molecular weight is 490 g/mol. The van der Waals surface area contributed by atoms with Crippen molar-refractivity contribution in [3.63, 3.8) is 0 Å². The molecule has 2 aromatic rings. The normalized spacial score (nSPS) is 16.8. The number of carbonyl (C=O) groups is 1. The second-order valence-corrected chi connectivity index (χ2v) is 11.0. The number of piperazine rings is 1. The van der Waals surface area contributed by atoms with Crippen molar-refractivity contribution in [3.8, 4) is 0 Å². The molecule has 31 heavy (non-hydrogen) atoms. The predicted octanol–water partition coefficient (Wildman–Crippen LogP) is 1.68. The van der Waals surface area contributed by atoms with E-state index in [0.717, 1.165) is 18.2 Å². The third-order valence-corrected chi connectivity index (χ3v) is 8.58. The fourth-order valence-corrected chi connectivity index (χ4v) is 6.07. The van der Waals surface area contributed by atoms with Crippen molar-refractivity contribution in [1.29, 1.82) is 0 Å². The number of halogens is 2. The van der Waals surface area contributed by atoms with E-state index in [1.165, 1.54) is 28.3 Å². The molecule has 12 heteroatoms. The van der Waals surface area contributed by atoms with Gasteiger partial charge in [-0.2, -0.15) is 9.03 Å². The van der Waals surface area contributed by atoms with Crippen molar-refractivity contribution in [2.75, 3.05) is 26.2 Å². The minimum Gasteiger partial charge on any atom is -0.339 e. The summed E-state index contributed by atoms with van der Waals surface area (Å²) in [4.78, 5) is 14.0. The van der Waals surface area contributed by atoms with Gasteiger partial charge in [0, 0.05) is 26.2 Å². The zero-order chi connectivity index (χ0) is 22.8. The number of benzene rings is 2. The average Bonchev–Trinajstić information content (AvgIpc) is 2.75. The Morgan fingerprint density at radius 3 is 2.19 bits per heavy atom. The molecule has 1 aliphatic heterocycles. The SMILES string of the molecule is C[C@H](NS(=O)(=O)c1ccccc1)C(=O)N1CCN(S(=O)(=O)c2ccc(F)c(Cl)c2)CC1. The molecule has 0 radical (unpaired) electrons. The molecule has 1 saturated heterocycles. The molecule has 0 bridgehead atoms. The van der Waals surface area contributed by atoms with E-state index in [1.807, 2.05) is 0 Å². The van der Waals surface area contributed by atoms with Gasteiger partial charge in [-0.05, 0) is 37.3 Å². The van der Waals surface area contributed by atoms with E-state index in [9.17, 15) is 26.0 Å². The Kier molecular flexibility index (Phi) is 7.01. The summed E-state index contributed by atoms with van der Waals surface area (Å²) in [5.74, 6) is -1.18. The lowest BCUT2D eigenvalue weighted by Crippen LogP contribution is -2.55. The van der Waals surface area contributed by atoms with Crippen LogP contribution in [0.4, 0.5) is 4.39 Å². The Bertz CT molecular complexity index is 1170. The summed E-state index contributed by atoms with van der Waals surface area (Å²) in [6.07, 6.45) is 0. The zero-order valence-corrected chi connectivity index (χ0v) is 18.9. The van der Waals surface area contributed by atoms with Gasteiger partial charge in [0.1, 0.15) is 5.82 Å². The number of rotatable bonds is 6. The number of nitrogens with zero attached hydrogens (tertiary/aromatic N) is 2. The molecule has 1 aliphatic rings. The largest absolute Gasteiger partial charge is 0.339 e. The molecule has 1 amide bonds. The first-order chi connectivity index (χ1) is 14.5. The first-order valence-corrected chi connectivity index (χ1v) is 12.6. The summed E-state index contributed by atoms with van der Waals surface area (Å²) >= 11 is 5.69. The maximum Gasteiger partial charge on any atom is 0.243 e. The van der Waals surface area contributed by atoms with Crippen molar-refractivity contribution in [2.24, 2.45) is 0 Å². The van der Waals surface area contributed by atoms with Crippen LogP contribution in [0.15, 0.2) is 58.3 Å². The maximum absolute atomic E-state index is 13.3. The summed E-state index contributed by atoms with van der Waals surface area (Å²) in [5, 5.41) is -0.297. The van der Waals surface area contributed by atoms with Crippen LogP contribution >= 0.6 is 11.6 Å². The molecule has 8 nitrogen and oxygen atoms in total. The highest BCUT2D eigenvalue weighted by molar-refractivity contribution is 7.89. The van der Waals surface area contributed by atoms with Gasteiger partial charge in [-0.3, -0.25) is 4.79 Å². The van der Waals surface area contributed by atoms with Crippen molar-refractivity contribution < 1.29 is 26.0 Å². The minimum atomic E-state index is -3.90. The molecular weight excluding hydrogens is 469 g/mol. The van der Waals surface area contributed by atoms with Crippen LogP contribution in [-0.4, -0.2) is 64.2 Å². The van der Waals surface area contributed by atoms with E-state index in [2.05, 4.69) is 4.72 Å². The number of hydrogen-bond donors (Lipinski definition) is 1. The van der Waals surface area contributed by atoms with Crippen molar-refractivity contribution in [3.05, 3.63) is 59.4 Å².